The Bertz CT molecular complexity index is 466. The van der Waals surface area contributed by atoms with Crippen molar-refractivity contribution >= 4 is 11.8 Å². The Kier molecular flexibility index (Phi) is 3.38. The lowest BCUT2D eigenvalue weighted by atomic mass is 10.2. The number of carbonyl (C=O) groups is 1. The second-order valence-corrected chi connectivity index (χ2v) is 5.44. The normalized spacial score (nSPS) is 20.5. The Balaban J connectivity index is 1.60. The summed E-state index contributed by atoms with van der Waals surface area (Å²) < 4.78 is 0. The molecule has 0 unspecified atom stereocenters. The van der Waals surface area contributed by atoms with Gasteiger partial charge in [0.2, 0.25) is 0 Å². The molecule has 2 aliphatic rings. The van der Waals surface area contributed by atoms with Crippen LogP contribution in [-0.2, 0) is 0 Å². The highest BCUT2D eigenvalue weighted by Crippen LogP contribution is 2.30. The summed E-state index contributed by atoms with van der Waals surface area (Å²) in [4.78, 5) is 19.9. The lowest BCUT2D eigenvalue weighted by Crippen LogP contribution is -2.47. The number of carboxylic acid groups (broad SMARTS) is 1. The molecule has 0 radical (unpaired) electrons. The van der Waals surface area contributed by atoms with Crippen molar-refractivity contribution in [2.75, 3.05) is 37.6 Å². The van der Waals surface area contributed by atoms with Crippen LogP contribution in [0.25, 0.3) is 0 Å². The highest BCUT2D eigenvalue weighted by atomic mass is 16.4. The zero-order valence-electron chi connectivity index (χ0n) is 11.0. The van der Waals surface area contributed by atoms with Gasteiger partial charge in [-0.3, -0.25) is 4.90 Å². The van der Waals surface area contributed by atoms with Crippen LogP contribution < -0.4 is 4.90 Å². The molecule has 1 saturated carbocycles. The Morgan fingerprint density at radius 2 is 2.05 bits per heavy atom. The van der Waals surface area contributed by atoms with E-state index in [1.807, 2.05) is 0 Å². The third-order valence-corrected chi connectivity index (χ3v) is 3.90. The molecule has 19 heavy (non-hydrogen) atoms. The van der Waals surface area contributed by atoms with Crippen LogP contribution in [-0.4, -0.2) is 53.7 Å². The van der Waals surface area contributed by atoms with Gasteiger partial charge in [0.1, 0.15) is 5.82 Å². The Morgan fingerprint density at radius 3 is 2.68 bits per heavy atom. The molecule has 1 aromatic rings. The van der Waals surface area contributed by atoms with Gasteiger partial charge in [0, 0.05) is 38.9 Å². The van der Waals surface area contributed by atoms with Crippen molar-refractivity contribution in [3.63, 3.8) is 0 Å². The standard InChI is InChI=1S/C14H19N3O2/c18-14(19)12-3-4-15-13(9-12)17-7-5-16(6-8-17)10-11-1-2-11/h3-4,9,11H,1-2,5-8,10H2,(H,18,19). The zero-order chi connectivity index (χ0) is 13.2. The average molecular weight is 261 g/mol. The van der Waals surface area contributed by atoms with Gasteiger partial charge in [-0.15, -0.1) is 0 Å². The van der Waals surface area contributed by atoms with E-state index >= 15 is 0 Å². The molecule has 2 heterocycles. The molecule has 0 aromatic carbocycles. The zero-order valence-corrected chi connectivity index (χ0v) is 11.0. The van der Waals surface area contributed by atoms with Crippen LogP contribution >= 0.6 is 0 Å². The van der Waals surface area contributed by atoms with E-state index in [-0.39, 0.29) is 0 Å². The molecule has 2 fully saturated rings. The molecule has 0 amide bonds. The summed E-state index contributed by atoms with van der Waals surface area (Å²) in [6.07, 6.45) is 4.36. The van der Waals surface area contributed by atoms with Crippen molar-refractivity contribution in [3.05, 3.63) is 23.9 Å². The van der Waals surface area contributed by atoms with Crippen molar-refractivity contribution < 1.29 is 9.90 Å². The minimum absolute atomic E-state index is 0.311. The topological polar surface area (TPSA) is 56.7 Å². The monoisotopic (exact) mass is 261 g/mol. The molecule has 5 nitrogen and oxygen atoms in total. The second-order valence-electron chi connectivity index (χ2n) is 5.44. The van der Waals surface area contributed by atoms with E-state index in [1.165, 1.54) is 25.5 Å². The van der Waals surface area contributed by atoms with E-state index in [0.29, 0.717) is 5.56 Å². The predicted octanol–water partition coefficient (Wildman–Crippen LogP) is 1.31. The van der Waals surface area contributed by atoms with Gasteiger partial charge in [0.15, 0.2) is 0 Å². The number of aromatic carboxylic acids is 1. The van der Waals surface area contributed by atoms with Crippen LogP contribution in [0, 0.1) is 5.92 Å². The number of anilines is 1. The van der Waals surface area contributed by atoms with E-state index in [2.05, 4.69) is 14.8 Å². The molecular formula is C14H19N3O2. The quantitative estimate of drug-likeness (QED) is 0.885. The Labute approximate surface area is 112 Å². The number of pyridine rings is 1. The molecule has 1 saturated heterocycles. The molecule has 1 N–H and O–H groups in total. The number of hydrogen-bond acceptors (Lipinski definition) is 4. The van der Waals surface area contributed by atoms with Gasteiger partial charge < -0.3 is 10.0 Å². The van der Waals surface area contributed by atoms with Crippen molar-refractivity contribution in [1.82, 2.24) is 9.88 Å². The summed E-state index contributed by atoms with van der Waals surface area (Å²) in [6, 6.07) is 3.20. The van der Waals surface area contributed by atoms with Crippen molar-refractivity contribution in [1.29, 1.82) is 0 Å². The van der Waals surface area contributed by atoms with Gasteiger partial charge in [0.05, 0.1) is 5.56 Å². The first-order valence-electron chi connectivity index (χ1n) is 6.89. The van der Waals surface area contributed by atoms with Crippen LogP contribution in [0.5, 0.6) is 0 Å². The summed E-state index contributed by atoms with van der Waals surface area (Å²) in [7, 11) is 0. The number of piperazine rings is 1. The number of rotatable bonds is 4. The molecule has 3 rings (SSSR count). The third-order valence-electron chi connectivity index (χ3n) is 3.90. The molecular weight excluding hydrogens is 242 g/mol. The van der Waals surface area contributed by atoms with Gasteiger partial charge in [-0.2, -0.15) is 0 Å². The molecule has 1 aromatic heterocycles. The van der Waals surface area contributed by atoms with Crippen LogP contribution in [0.2, 0.25) is 0 Å². The van der Waals surface area contributed by atoms with Crippen LogP contribution in [0.3, 0.4) is 0 Å². The summed E-state index contributed by atoms with van der Waals surface area (Å²) in [5, 5.41) is 9.00. The smallest absolute Gasteiger partial charge is 0.335 e. The van der Waals surface area contributed by atoms with Crippen molar-refractivity contribution in [3.8, 4) is 0 Å². The van der Waals surface area contributed by atoms with E-state index < -0.39 is 5.97 Å². The van der Waals surface area contributed by atoms with Crippen LogP contribution in [0.1, 0.15) is 23.2 Å². The maximum atomic E-state index is 11.0. The van der Waals surface area contributed by atoms with Crippen molar-refractivity contribution in [2.45, 2.75) is 12.8 Å². The number of aromatic nitrogens is 1. The molecule has 0 bridgehead atoms. The summed E-state index contributed by atoms with van der Waals surface area (Å²) in [5.74, 6) is 0.821. The lowest BCUT2D eigenvalue weighted by molar-refractivity contribution is 0.0697. The van der Waals surface area contributed by atoms with Crippen LogP contribution in [0.15, 0.2) is 18.3 Å². The highest BCUT2D eigenvalue weighted by Gasteiger charge is 2.26. The predicted molar refractivity (Wildman–Crippen MR) is 72.6 cm³/mol. The van der Waals surface area contributed by atoms with Gasteiger partial charge in [-0.05, 0) is 30.9 Å². The highest BCUT2D eigenvalue weighted by molar-refractivity contribution is 5.88. The molecule has 0 atom stereocenters. The molecule has 1 aliphatic heterocycles. The van der Waals surface area contributed by atoms with Gasteiger partial charge in [0.25, 0.3) is 0 Å². The number of hydrogen-bond donors (Lipinski definition) is 1. The SMILES string of the molecule is O=C(O)c1ccnc(N2CCN(CC3CC3)CC2)c1. The van der Waals surface area contributed by atoms with E-state index in [1.54, 1.807) is 12.3 Å². The molecule has 1 aliphatic carbocycles. The lowest BCUT2D eigenvalue weighted by Gasteiger charge is -2.35. The fraction of sp³-hybridized carbons (Fsp3) is 0.571. The minimum Gasteiger partial charge on any atom is -0.478 e. The Morgan fingerprint density at radius 1 is 1.32 bits per heavy atom. The van der Waals surface area contributed by atoms with Crippen molar-refractivity contribution in [2.24, 2.45) is 5.92 Å². The summed E-state index contributed by atoms with van der Waals surface area (Å²) in [5.41, 5.74) is 0.311. The Hall–Kier alpha value is -1.62. The summed E-state index contributed by atoms with van der Waals surface area (Å²) >= 11 is 0. The fourth-order valence-electron chi connectivity index (χ4n) is 2.55. The van der Waals surface area contributed by atoms with Crippen LogP contribution in [0.4, 0.5) is 5.82 Å². The molecule has 102 valence electrons. The summed E-state index contributed by atoms with van der Waals surface area (Å²) in [6.45, 7) is 5.20. The second kappa shape index (κ2) is 5.17. The number of carboxylic acids is 1. The van der Waals surface area contributed by atoms with E-state index in [9.17, 15) is 4.79 Å². The minimum atomic E-state index is -0.893. The van der Waals surface area contributed by atoms with E-state index in [4.69, 9.17) is 5.11 Å². The van der Waals surface area contributed by atoms with E-state index in [0.717, 1.165) is 37.9 Å². The van der Waals surface area contributed by atoms with Gasteiger partial charge >= 0.3 is 5.97 Å². The largest absolute Gasteiger partial charge is 0.478 e. The third kappa shape index (κ3) is 3.04. The molecule has 5 heteroatoms. The first-order chi connectivity index (χ1) is 9.22. The fourth-order valence-corrected chi connectivity index (χ4v) is 2.55. The average Bonchev–Trinajstić information content (AvgIpc) is 3.24. The maximum absolute atomic E-state index is 11.0. The first-order valence-corrected chi connectivity index (χ1v) is 6.89. The first kappa shape index (κ1) is 12.4. The molecule has 0 spiro atoms. The van der Waals surface area contributed by atoms with Gasteiger partial charge in [-0.25, -0.2) is 9.78 Å². The van der Waals surface area contributed by atoms with Gasteiger partial charge in [-0.1, -0.05) is 0 Å². The maximum Gasteiger partial charge on any atom is 0.335 e. The number of nitrogens with zero attached hydrogens (tertiary/aromatic N) is 3.